The van der Waals surface area contributed by atoms with Crippen LogP contribution in [0.15, 0.2) is 23.6 Å². The predicted molar refractivity (Wildman–Crippen MR) is 103 cm³/mol. The Bertz CT molecular complexity index is 758. The Labute approximate surface area is 160 Å². The summed E-state index contributed by atoms with van der Waals surface area (Å²) in [7, 11) is 0. The molecule has 1 aliphatic heterocycles. The number of carbonyl (C=O) groups excluding carboxylic acids is 1. The third-order valence-corrected chi connectivity index (χ3v) is 5.13. The number of morpholine rings is 1. The predicted octanol–water partition coefficient (Wildman–Crippen LogP) is 4.16. The molecule has 2 atom stereocenters. The molecule has 1 aromatic carbocycles. The Morgan fingerprint density at radius 2 is 2.08 bits per heavy atom. The van der Waals surface area contributed by atoms with Crippen molar-refractivity contribution in [1.29, 1.82) is 0 Å². The van der Waals surface area contributed by atoms with Crippen LogP contribution in [0.3, 0.4) is 0 Å². The number of carbonyl (C=O) groups is 1. The molecule has 2 unspecified atom stereocenters. The highest BCUT2D eigenvalue weighted by Gasteiger charge is 2.24. The lowest BCUT2D eigenvalue weighted by molar-refractivity contribution is -0.121. The second-order valence-corrected chi connectivity index (χ2v) is 7.86. The minimum absolute atomic E-state index is 0.0793. The first-order valence-corrected chi connectivity index (χ1v) is 9.63. The topological polar surface area (TPSA) is 54.5 Å². The van der Waals surface area contributed by atoms with Gasteiger partial charge in [-0.05, 0) is 32.0 Å². The zero-order valence-electron chi connectivity index (χ0n) is 14.0. The molecule has 1 amide bonds. The van der Waals surface area contributed by atoms with E-state index in [4.69, 9.17) is 27.9 Å². The molecule has 5 nitrogen and oxygen atoms in total. The Balaban J connectivity index is 1.62. The number of thiazole rings is 1. The molecule has 1 saturated heterocycles. The Morgan fingerprint density at radius 1 is 1.36 bits per heavy atom. The fourth-order valence-electron chi connectivity index (χ4n) is 2.93. The van der Waals surface area contributed by atoms with Gasteiger partial charge in [0.15, 0.2) is 5.13 Å². The molecule has 134 valence electrons. The van der Waals surface area contributed by atoms with E-state index in [9.17, 15) is 4.79 Å². The third kappa shape index (κ3) is 4.92. The summed E-state index contributed by atoms with van der Waals surface area (Å²) < 4.78 is 5.68. The SMILES string of the molecule is CC1CN(CC(=O)Nc2nc(-c3ccc(Cl)cc3Cl)cs2)CC(C)O1. The van der Waals surface area contributed by atoms with Crippen molar-refractivity contribution in [3.8, 4) is 11.3 Å². The maximum atomic E-state index is 12.3. The van der Waals surface area contributed by atoms with Crippen molar-refractivity contribution in [2.45, 2.75) is 26.1 Å². The van der Waals surface area contributed by atoms with E-state index in [1.807, 2.05) is 25.3 Å². The van der Waals surface area contributed by atoms with Crippen LogP contribution in [-0.2, 0) is 9.53 Å². The number of amides is 1. The normalized spacial score (nSPS) is 21.3. The summed E-state index contributed by atoms with van der Waals surface area (Å²) in [5.74, 6) is -0.0793. The number of nitrogens with one attached hydrogen (secondary N) is 1. The van der Waals surface area contributed by atoms with Gasteiger partial charge in [-0.2, -0.15) is 0 Å². The number of aromatic nitrogens is 1. The first-order chi connectivity index (χ1) is 11.9. The lowest BCUT2D eigenvalue weighted by Gasteiger charge is -2.34. The molecule has 2 heterocycles. The number of benzene rings is 1. The maximum absolute atomic E-state index is 12.3. The van der Waals surface area contributed by atoms with Crippen LogP contribution in [0.2, 0.25) is 10.0 Å². The van der Waals surface area contributed by atoms with Gasteiger partial charge in [-0.15, -0.1) is 11.3 Å². The van der Waals surface area contributed by atoms with Crippen LogP contribution in [-0.4, -0.2) is 47.6 Å². The van der Waals surface area contributed by atoms with Crippen molar-refractivity contribution in [2.75, 3.05) is 25.0 Å². The van der Waals surface area contributed by atoms with Crippen LogP contribution < -0.4 is 5.32 Å². The van der Waals surface area contributed by atoms with Crippen LogP contribution in [0.25, 0.3) is 11.3 Å². The highest BCUT2D eigenvalue weighted by atomic mass is 35.5. The molecule has 1 fully saturated rings. The highest BCUT2D eigenvalue weighted by molar-refractivity contribution is 7.14. The maximum Gasteiger partial charge on any atom is 0.240 e. The van der Waals surface area contributed by atoms with E-state index in [1.54, 1.807) is 12.1 Å². The van der Waals surface area contributed by atoms with Gasteiger partial charge in [-0.25, -0.2) is 4.98 Å². The minimum atomic E-state index is -0.0793. The van der Waals surface area contributed by atoms with E-state index in [0.29, 0.717) is 21.7 Å². The summed E-state index contributed by atoms with van der Waals surface area (Å²) in [5, 5.41) is 6.39. The minimum Gasteiger partial charge on any atom is -0.373 e. The summed E-state index contributed by atoms with van der Waals surface area (Å²) in [6.07, 6.45) is 0.269. The van der Waals surface area contributed by atoms with Gasteiger partial charge in [0.2, 0.25) is 5.91 Å². The van der Waals surface area contributed by atoms with E-state index >= 15 is 0 Å². The molecule has 0 aliphatic carbocycles. The van der Waals surface area contributed by atoms with E-state index < -0.39 is 0 Å². The molecule has 1 aliphatic rings. The average molecular weight is 400 g/mol. The van der Waals surface area contributed by atoms with Gasteiger partial charge in [-0.3, -0.25) is 9.69 Å². The van der Waals surface area contributed by atoms with Gasteiger partial charge < -0.3 is 10.1 Å². The van der Waals surface area contributed by atoms with Crippen LogP contribution in [0.1, 0.15) is 13.8 Å². The fraction of sp³-hybridized carbons (Fsp3) is 0.412. The molecule has 0 saturated carbocycles. The number of rotatable bonds is 4. The monoisotopic (exact) mass is 399 g/mol. The Kier molecular flexibility index (Phi) is 5.96. The van der Waals surface area contributed by atoms with Crippen molar-refractivity contribution in [3.63, 3.8) is 0 Å². The zero-order valence-corrected chi connectivity index (χ0v) is 16.3. The number of ether oxygens (including phenoxy) is 1. The average Bonchev–Trinajstić information content (AvgIpc) is 2.93. The van der Waals surface area contributed by atoms with E-state index in [1.165, 1.54) is 11.3 Å². The van der Waals surface area contributed by atoms with Crippen LogP contribution >= 0.6 is 34.5 Å². The number of anilines is 1. The molecule has 25 heavy (non-hydrogen) atoms. The van der Waals surface area contributed by atoms with Gasteiger partial charge in [0.05, 0.1) is 29.5 Å². The number of nitrogens with zero attached hydrogens (tertiary/aromatic N) is 2. The number of hydrogen-bond donors (Lipinski definition) is 1. The van der Waals surface area contributed by atoms with Gasteiger partial charge >= 0.3 is 0 Å². The Morgan fingerprint density at radius 3 is 2.76 bits per heavy atom. The zero-order chi connectivity index (χ0) is 18.0. The number of hydrogen-bond acceptors (Lipinski definition) is 5. The first-order valence-electron chi connectivity index (χ1n) is 7.99. The second-order valence-electron chi connectivity index (χ2n) is 6.16. The van der Waals surface area contributed by atoms with E-state index in [0.717, 1.165) is 24.3 Å². The van der Waals surface area contributed by atoms with Crippen molar-refractivity contribution < 1.29 is 9.53 Å². The molecular weight excluding hydrogens is 381 g/mol. The van der Waals surface area contributed by atoms with Crippen molar-refractivity contribution in [3.05, 3.63) is 33.6 Å². The first kappa shape index (κ1) is 18.6. The van der Waals surface area contributed by atoms with Crippen LogP contribution in [0, 0.1) is 0 Å². The van der Waals surface area contributed by atoms with Gasteiger partial charge in [0.25, 0.3) is 0 Å². The Hall–Kier alpha value is -1.18. The summed E-state index contributed by atoms with van der Waals surface area (Å²) in [4.78, 5) is 18.8. The molecule has 0 bridgehead atoms. The summed E-state index contributed by atoms with van der Waals surface area (Å²) >= 11 is 13.5. The van der Waals surface area contributed by atoms with Crippen LogP contribution in [0.4, 0.5) is 5.13 Å². The molecular formula is C17H19Cl2N3O2S. The quantitative estimate of drug-likeness (QED) is 0.837. The van der Waals surface area contributed by atoms with E-state index in [-0.39, 0.29) is 18.1 Å². The third-order valence-electron chi connectivity index (χ3n) is 3.82. The summed E-state index contributed by atoms with van der Waals surface area (Å²) in [6, 6.07) is 5.26. The van der Waals surface area contributed by atoms with Gasteiger partial charge in [-0.1, -0.05) is 23.2 Å². The molecule has 1 N–H and O–H groups in total. The molecule has 1 aromatic heterocycles. The molecule has 3 rings (SSSR count). The molecule has 0 spiro atoms. The lowest BCUT2D eigenvalue weighted by Crippen LogP contribution is -2.48. The van der Waals surface area contributed by atoms with Gasteiger partial charge in [0.1, 0.15) is 0 Å². The summed E-state index contributed by atoms with van der Waals surface area (Å²) in [6.45, 7) is 5.87. The van der Waals surface area contributed by atoms with Crippen molar-refractivity contribution in [1.82, 2.24) is 9.88 Å². The lowest BCUT2D eigenvalue weighted by atomic mass is 10.2. The standard InChI is InChI=1S/C17H19Cl2N3O2S/c1-10-6-22(7-11(2)24-10)8-16(23)21-17-20-15(9-25-17)13-4-3-12(18)5-14(13)19/h3-5,9-11H,6-8H2,1-2H3,(H,20,21,23). The van der Waals surface area contributed by atoms with Gasteiger partial charge in [0, 0.05) is 29.1 Å². The summed E-state index contributed by atoms with van der Waals surface area (Å²) in [5.41, 5.74) is 1.51. The molecule has 2 aromatic rings. The van der Waals surface area contributed by atoms with Crippen molar-refractivity contribution in [2.24, 2.45) is 0 Å². The fourth-order valence-corrected chi connectivity index (χ4v) is 4.16. The number of halogens is 2. The second kappa shape index (κ2) is 8.01. The van der Waals surface area contributed by atoms with Crippen molar-refractivity contribution >= 4 is 45.6 Å². The van der Waals surface area contributed by atoms with E-state index in [2.05, 4.69) is 15.2 Å². The molecule has 8 heteroatoms. The largest absolute Gasteiger partial charge is 0.373 e. The smallest absolute Gasteiger partial charge is 0.240 e. The van der Waals surface area contributed by atoms with Crippen LogP contribution in [0.5, 0.6) is 0 Å². The highest BCUT2D eigenvalue weighted by Crippen LogP contribution is 2.32. The molecule has 0 radical (unpaired) electrons.